The molecular formula is C8H4IN3O4. The maximum Gasteiger partial charge on any atom is 0.314 e. The Balaban J connectivity index is 2.90. The van der Waals surface area contributed by atoms with Gasteiger partial charge in [-0.1, -0.05) is 0 Å². The maximum atomic E-state index is 11.0. The molecule has 0 unspecified atom stereocenters. The summed E-state index contributed by atoms with van der Waals surface area (Å²) in [6, 6.07) is 2.65. The zero-order chi connectivity index (χ0) is 11.9. The van der Waals surface area contributed by atoms with Crippen LogP contribution in [0.1, 0.15) is 0 Å². The van der Waals surface area contributed by atoms with Gasteiger partial charge in [-0.25, -0.2) is 0 Å². The van der Waals surface area contributed by atoms with E-state index >= 15 is 0 Å². The van der Waals surface area contributed by atoms with Crippen LogP contribution in [0, 0.1) is 13.7 Å². The Morgan fingerprint density at radius 3 is 2.12 bits per heavy atom. The summed E-state index contributed by atoms with van der Waals surface area (Å²) in [5, 5.41) is 10.7. The van der Waals surface area contributed by atoms with E-state index in [2.05, 4.69) is 9.97 Å². The highest BCUT2D eigenvalue weighted by atomic mass is 127. The fraction of sp³-hybridized carbons (Fsp3) is 0. The number of nitrogens with one attached hydrogen (secondary N) is 2. The zero-order valence-electron chi connectivity index (χ0n) is 7.61. The highest BCUT2D eigenvalue weighted by molar-refractivity contribution is 14.1. The van der Waals surface area contributed by atoms with Crippen LogP contribution in [0.2, 0.25) is 0 Å². The van der Waals surface area contributed by atoms with Crippen molar-refractivity contribution in [2.75, 3.05) is 0 Å². The summed E-state index contributed by atoms with van der Waals surface area (Å²) in [7, 11) is 0. The Morgan fingerprint density at radius 1 is 1.12 bits per heavy atom. The second-order valence-electron chi connectivity index (χ2n) is 3.01. The molecule has 2 N–H and O–H groups in total. The van der Waals surface area contributed by atoms with E-state index < -0.39 is 16.0 Å². The summed E-state index contributed by atoms with van der Waals surface area (Å²) < 4.78 is 0.387. The first kappa shape index (κ1) is 10.8. The molecule has 2 aromatic rings. The van der Waals surface area contributed by atoms with Gasteiger partial charge < -0.3 is 9.97 Å². The van der Waals surface area contributed by atoms with Gasteiger partial charge in [-0.2, -0.15) is 0 Å². The number of benzene rings is 1. The van der Waals surface area contributed by atoms with Crippen LogP contribution >= 0.6 is 22.6 Å². The molecule has 1 heterocycles. The van der Waals surface area contributed by atoms with E-state index in [1.807, 2.05) is 0 Å². The van der Waals surface area contributed by atoms with Crippen LogP contribution in [-0.2, 0) is 0 Å². The van der Waals surface area contributed by atoms with Gasteiger partial charge in [0.25, 0.3) is 5.69 Å². The van der Waals surface area contributed by atoms with Crippen molar-refractivity contribution in [2.45, 2.75) is 0 Å². The van der Waals surface area contributed by atoms with Crippen molar-refractivity contribution in [3.63, 3.8) is 0 Å². The van der Waals surface area contributed by atoms with Gasteiger partial charge in [0.15, 0.2) is 0 Å². The van der Waals surface area contributed by atoms with Gasteiger partial charge >= 0.3 is 11.1 Å². The van der Waals surface area contributed by atoms with Gasteiger partial charge in [0, 0.05) is 6.07 Å². The lowest BCUT2D eigenvalue weighted by atomic mass is 10.2. The molecule has 0 saturated heterocycles. The van der Waals surface area contributed by atoms with Gasteiger partial charge in [0.05, 0.1) is 19.5 Å². The number of hydrogen-bond donors (Lipinski definition) is 2. The van der Waals surface area contributed by atoms with Crippen molar-refractivity contribution < 1.29 is 4.92 Å². The van der Waals surface area contributed by atoms with Gasteiger partial charge in [0.1, 0.15) is 0 Å². The number of aromatic amines is 2. The second-order valence-corrected chi connectivity index (χ2v) is 4.18. The Bertz CT molecular complexity index is 702. The molecule has 1 aromatic carbocycles. The van der Waals surface area contributed by atoms with E-state index in [1.165, 1.54) is 12.1 Å². The Morgan fingerprint density at radius 2 is 1.62 bits per heavy atom. The van der Waals surface area contributed by atoms with Gasteiger partial charge in [0.2, 0.25) is 0 Å². The predicted molar refractivity (Wildman–Crippen MR) is 64.6 cm³/mol. The predicted octanol–water partition coefficient (Wildman–Crippen LogP) is 0.729. The first-order valence-corrected chi connectivity index (χ1v) is 5.17. The molecule has 2 rings (SSSR count). The molecule has 1 aromatic heterocycles. The third kappa shape index (κ3) is 1.71. The van der Waals surface area contributed by atoms with Crippen molar-refractivity contribution in [1.29, 1.82) is 0 Å². The van der Waals surface area contributed by atoms with Crippen LogP contribution in [-0.4, -0.2) is 14.9 Å². The van der Waals surface area contributed by atoms with Crippen LogP contribution in [0.15, 0.2) is 21.7 Å². The molecule has 0 radical (unpaired) electrons. The number of rotatable bonds is 1. The van der Waals surface area contributed by atoms with Crippen molar-refractivity contribution in [1.82, 2.24) is 9.97 Å². The molecule has 0 bridgehead atoms. The molecule has 0 saturated carbocycles. The highest BCUT2D eigenvalue weighted by Crippen LogP contribution is 2.23. The highest BCUT2D eigenvalue weighted by Gasteiger charge is 2.13. The number of nitro groups is 1. The fourth-order valence-corrected chi connectivity index (χ4v) is 1.93. The van der Waals surface area contributed by atoms with E-state index in [1.54, 1.807) is 22.6 Å². The number of nitrogens with zero attached hydrogens (tertiary/aromatic N) is 1. The Hall–Kier alpha value is -1.71. The molecule has 0 atom stereocenters. The van der Waals surface area contributed by atoms with Crippen molar-refractivity contribution in [2.24, 2.45) is 0 Å². The van der Waals surface area contributed by atoms with Crippen molar-refractivity contribution in [3.8, 4) is 0 Å². The fourth-order valence-electron chi connectivity index (χ4n) is 1.27. The number of hydrogen-bond acceptors (Lipinski definition) is 4. The lowest BCUT2D eigenvalue weighted by Crippen LogP contribution is -2.28. The number of nitro benzene ring substituents is 1. The second kappa shape index (κ2) is 3.70. The van der Waals surface area contributed by atoms with E-state index in [-0.39, 0.29) is 11.2 Å². The van der Waals surface area contributed by atoms with E-state index in [0.29, 0.717) is 9.09 Å². The van der Waals surface area contributed by atoms with Crippen LogP contribution in [0.5, 0.6) is 0 Å². The zero-order valence-corrected chi connectivity index (χ0v) is 9.77. The summed E-state index contributed by atoms with van der Waals surface area (Å²) >= 11 is 1.79. The SMILES string of the molecule is O=c1[nH]c2cc(I)c([N+](=O)[O-])cc2[nH]c1=O. The average molecular weight is 333 g/mol. The Labute approximate surface area is 101 Å². The molecular weight excluding hydrogens is 329 g/mol. The summed E-state index contributed by atoms with van der Waals surface area (Å²) in [4.78, 5) is 36.8. The molecule has 16 heavy (non-hydrogen) atoms. The number of aromatic nitrogens is 2. The first-order chi connectivity index (χ1) is 7.49. The number of fused-ring (bicyclic) bond motifs is 1. The smallest absolute Gasteiger partial charge is 0.314 e. The van der Waals surface area contributed by atoms with E-state index in [4.69, 9.17) is 0 Å². The third-order valence-electron chi connectivity index (χ3n) is 1.99. The minimum atomic E-state index is -0.831. The first-order valence-electron chi connectivity index (χ1n) is 4.09. The van der Waals surface area contributed by atoms with Crippen LogP contribution in [0.4, 0.5) is 5.69 Å². The maximum absolute atomic E-state index is 11.0. The molecule has 0 aliphatic heterocycles. The summed E-state index contributed by atoms with van der Waals surface area (Å²) in [5.74, 6) is 0. The number of halogens is 1. The molecule has 0 aliphatic carbocycles. The van der Waals surface area contributed by atoms with Crippen LogP contribution in [0.25, 0.3) is 11.0 Å². The minimum absolute atomic E-state index is 0.115. The van der Waals surface area contributed by atoms with Crippen molar-refractivity contribution in [3.05, 3.63) is 46.5 Å². The molecule has 7 nitrogen and oxygen atoms in total. The monoisotopic (exact) mass is 333 g/mol. The number of H-pyrrole nitrogens is 2. The van der Waals surface area contributed by atoms with Crippen LogP contribution in [0.3, 0.4) is 0 Å². The molecule has 82 valence electrons. The summed E-state index contributed by atoms with van der Waals surface area (Å²) in [6.45, 7) is 0. The lowest BCUT2D eigenvalue weighted by molar-refractivity contribution is -0.385. The van der Waals surface area contributed by atoms with E-state index in [0.717, 1.165) is 0 Å². The molecule has 0 fully saturated rings. The standard InChI is InChI=1S/C8H4IN3O4/c9-3-1-4-5(2-6(3)12(15)16)11-8(14)7(13)10-4/h1-2H,(H,10,13)(H,11,14). The average Bonchev–Trinajstić information content (AvgIpc) is 2.19. The summed E-state index contributed by atoms with van der Waals surface area (Å²) in [5.41, 5.74) is -1.13. The molecule has 8 heteroatoms. The van der Waals surface area contributed by atoms with Gasteiger partial charge in [-0.05, 0) is 28.7 Å². The quantitative estimate of drug-likeness (QED) is 0.347. The largest absolute Gasteiger partial charge is 0.316 e. The Kier molecular flexibility index (Phi) is 2.50. The molecule has 0 amide bonds. The summed E-state index contributed by atoms with van der Waals surface area (Å²) in [6.07, 6.45) is 0. The molecule has 0 spiro atoms. The lowest BCUT2D eigenvalue weighted by Gasteiger charge is -1.99. The van der Waals surface area contributed by atoms with Gasteiger partial charge in [-0.3, -0.25) is 19.7 Å². The molecule has 0 aliphatic rings. The topological polar surface area (TPSA) is 109 Å². The third-order valence-corrected chi connectivity index (χ3v) is 2.85. The van der Waals surface area contributed by atoms with E-state index in [9.17, 15) is 19.7 Å². The normalized spacial score (nSPS) is 10.6. The van der Waals surface area contributed by atoms with Gasteiger partial charge in [-0.15, -0.1) is 0 Å². The van der Waals surface area contributed by atoms with Crippen molar-refractivity contribution >= 4 is 39.3 Å². The minimum Gasteiger partial charge on any atom is -0.316 e. The van der Waals surface area contributed by atoms with Crippen LogP contribution < -0.4 is 11.1 Å².